The molecular weight excluding hydrogens is 391 g/mol. The number of halogens is 5. The quantitative estimate of drug-likeness (QED) is 0.268. The monoisotopic (exact) mass is 414 g/mol. The van der Waals surface area contributed by atoms with Crippen LogP contribution in [0.2, 0.25) is 0 Å². The van der Waals surface area contributed by atoms with Crippen LogP contribution in [0.1, 0.15) is 55.5 Å². The van der Waals surface area contributed by atoms with Crippen LogP contribution in [0.4, 0.5) is 22.0 Å². The van der Waals surface area contributed by atoms with Crippen LogP contribution in [0, 0.1) is 11.6 Å². The zero-order chi connectivity index (χ0) is 21.6. The number of alkyl halides is 3. The van der Waals surface area contributed by atoms with Gasteiger partial charge < -0.3 is 4.74 Å². The Morgan fingerprint density at radius 1 is 0.966 bits per heavy atom. The maximum atomic E-state index is 14.5. The van der Waals surface area contributed by atoms with Crippen LogP contribution >= 0.6 is 0 Å². The first-order valence-electron chi connectivity index (χ1n) is 9.54. The predicted molar refractivity (Wildman–Crippen MR) is 101 cm³/mol. The summed E-state index contributed by atoms with van der Waals surface area (Å²) in [5.74, 6) is -4.39. The highest BCUT2D eigenvalue weighted by Gasteiger charge is 2.42. The molecule has 2 aromatic rings. The summed E-state index contributed by atoms with van der Waals surface area (Å²) in [6.07, 6.45) is -3.57. The van der Waals surface area contributed by atoms with E-state index in [4.69, 9.17) is 0 Å². The summed E-state index contributed by atoms with van der Waals surface area (Å²) < 4.78 is 71.4. The fraction of sp³-hybridized carbons (Fsp3) is 0.409. The third-order valence-electron chi connectivity index (χ3n) is 4.62. The summed E-state index contributed by atoms with van der Waals surface area (Å²) in [5.41, 5.74) is 0.524. The van der Waals surface area contributed by atoms with Crippen molar-refractivity contribution in [1.82, 2.24) is 0 Å². The zero-order valence-corrected chi connectivity index (χ0v) is 16.3. The molecule has 0 heterocycles. The van der Waals surface area contributed by atoms with E-state index >= 15 is 0 Å². The van der Waals surface area contributed by atoms with E-state index in [-0.39, 0.29) is 5.56 Å². The molecule has 0 N–H and O–H groups in total. The first-order valence-corrected chi connectivity index (χ1v) is 9.54. The fourth-order valence-electron chi connectivity index (χ4n) is 2.93. The SMILES string of the molecule is CCCCCc1ccc(-c2ccc(C(=O)OC(CC)C(F)(F)F)c(F)c2F)cc1. The summed E-state index contributed by atoms with van der Waals surface area (Å²) in [6.45, 7) is 3.28. The Hall–Kier alpha value is -2.44. The number of ether oxygens (including phenoxy) is 1. The van der Waals surface area contributed by atoms with Crippen molar-refractivity contribution in [2.45, 2.75) is 58.2 Å². The Balaban J connectivity index is 2.22. The van der Waals surface area contributed by atoms with Gasteiger partial charge in [0.05, 0.1) is 5.56 Å². The normalized spacial score (nSPS) is 12.7. The Morgan fingerprint density at radius 2 is 1.62 bits per heavy atom. The van der Waals surface area contributed by atoms with Gasteiger partial charge in [-0.1, -0.05) is 57.0 Å². The van der Waals surface area contributed by atoms with E-state index in [1.165, 1.54) is 6.92 Å². The van der Waals surface area contributed by atoms with Gasteiger partial charge in [-0.25, -0.2) is 13.6 Å². The van der Waals surface area contributed by atoms with Gasteiger partial charge in [0, 0.05) is 5.56 Å². The second-order valence-electron chi connectivity index (χ2n) is 6.79. The number of benzene rings is 2. The van der Waals surface area contributed by atoms with Crippen molar-refractivity contribution in [3.8, 4) is 11.1 Å². The third kappa shape index (κ3) is 5.78. The number of unbranched alkanes of at least 4 members (excludes halogenated alkanes) is 2. The summed E-state index contributed by atoms with van der Waals surface area (Å²) in [6, 6.07) is 9.03. The van der Waals surface area contributed by atoms with E-state index in [9.17, 15) is 26.7 Å². The minimum atomic E-state index is -4.78. The van der Waals surface area contributed by atoms with Gasteiger partial charge in [-0.2, -0.15) is 13.2 Å². The van der Waals surface area contributed by atoms with Gasteiger partial charge in [-0.05, 0) is 36.5 Å². The van der Waals surface area contributed by atoms with Crippen molar-refractivity contribution in [3.63, 3.8) is 0 Å². The molecular formula is C22H23F5O2. The average molecular weight is 414 g/mol. The molecule has 0 spiro atoms. The molecule has 2 rings (SSSR count). The Kier molecular flexibility index (Phi) is 7.76. The van der Waals surface area contributed by atoms with E-state index in [2.05, 4.69) is 11.7 Å². The molecule has 29 heavy (non-hydrogen) atoms. The largest absolute Gasteiger partial charge is 0.449 e. The van der Waals surface area contributed by atoms with Crippen molar-refractivity contribution in [2.75, 3.05) is 0 Å². The van der Waals surface area contributed by atoms with Gasteiger partial charge in [0.1, 0.15) is 0 Å². The molecule has 1 atom stereocenters. The van der Waals surface area contributed by atoms with E-state index in [0.717, 1.165) is 43.4 Å². The maximum Gasteiger partial charge on any atom is 0.425 e. The summed E-state index contributed by atoms with van der Waals surface area (Å²) >= 11 is 0. The third-order valence-corrected chi connectivity index (χ3v) is 4.62. The molecule has 0 aromatic heterocycles. The molecule has 1 unspecified atom stereocenters. The van der Waals surface area contributed by atoms with Crippen molar-refractivity contribution < 1.29 is 31.5 Å². The summed E-state index contributed by atoms with van der Waals surface area (Å²) in [7, 11) is 0. The molecule has 0 aliphatic carbocycles. The van der Waals surface area contributed by atoms with Crippen LogP contribution in [-0.4, -0.2) is 18.2 Å². The first kappa shape index (κ1) is 22.8. The van der Waals surface area contributed by atoms with E-state index < -0.39 is 41.9 Å². The molecule has 7 heteroatoms. The average Bonchev–Trinajstić information content (AvgIpc) is 2.68. The molecule has 0 radical (unpaired) electrons. The number of carbonyl (C=O) groups excluding carboxylic acids is 1. The van der Waals surface area contributed by atoms with Crippen LogP contribution in [0.5, 0.6) is 0 Å². The van der Waals surface area contributed by atoms with Crippen LogP contribution in [-0.2, 0) is 11.2 Å². The summed E-state index contributed by atoms with van der Waals surface area (Å²) in [5, 5.41) is 0. The highest BCUT2D eigenvalue weighted by atomic mass is 19.4. The van der Waals surface area contributed by atoms with Gasteiger partial charge in [-0.15, -0.1) is 0 Å². The first-order chi connectivity index (χ1) is 13.7. The molecule has 0 amide bonds. The Bertz CT molecular complexity index is 828. The molecule has 0 saturated heterocycles. The smallest absolute Gasteiger partial charge is 0.425 e. The van der Waals surface area contributed by atoms with Gasteiger partial charge >= 0.3 is 12.1 Å². The number of esters is 1. The van der Waals surface area contributed by atoms with Crippen LogP contribution in [0.25, 0.3) is 11.1 Å². The number of hydrogen-bond donors (Lipinski definition) is 0. The highest BCUT2D eigenvalue weighted by Crippen LogP contribution is 2.29. The van der Waals surface area contributed by atoms with E-state index in [1.54, 1.807) is 12.1 Å². The lowest BCUT2D eigenvalue weighted by Crippen LogP contribution is -2.33. The molecule has 2 aromatic carbocycles. The Morgan fingerprint density at radius 3 is 2.17 bits per heavy atom. The molecule has 158 valence electrons. The van der Waals surface area contributed by atoms with E-state index in [0.29, 0.717) is 5.56 Å². The second-order valence-corrected chi connectivity index (χ2v) is 6.79. The molecule has 2 nitrogen and oxygen atoms in total. The number of carbonyl (C=O) groups is 1. The van der Waals surface area contributed by atoms with Crippen molar-refractivity contribution in [3.05, 3.63) is 59.2 Å². The van der Waals surface area contributed by atoms with Crippen LogP contribution < -0.4 is 0 Å². The van der Waals surface area contributed by atoms with Crippen LogP contribution in [0.3, 0.4) is 0 Å². The maximum absolute atomic E-state index is 14.5. The second kappa shape index (κ2) is 9.85. The molecule has 0 aliphatic rings. The molecule has 0 fully saturated rings. The van der Waals surface area contributed by atoms with Crippen molar-refractivity contribution >= 4 is 5.97 Å². The summed E-state index contributed by atoms with van der Waals surface area (Å²) in [4.78, 5) is 11.9. The standard InChI is InChI=1S/C22H23F5O2/c1-3-5-6-7-14-8-10-15(11-9-14)16-12-13-17(20(24)19(16)23)21(28)29-18(4-2)22(25,26)27/h8-13,18H,3-7H2,1-2H3. The number of rotatable bonds is 8. The number of aryl methyl sites for hydroxylation is 1. The minimum absolute atomic E-state index is 0.0815. The highest BCUT2D eigenvalue weighted by molar-refractivity contribution is 5.90. The van der Waals surface area contributed by atoms with Gasteiger partial charge in [0.15, 0.2) is 17.7 Å². The lowest BCUT2D eigenvalue weighted by molar-refractivity contribution is -0.204. The van der Waals surface area contributed by atoms with Gasteiger partial charge in [0.2, 0.25) is 0 Å². The number of hydrogen-bond acceptors (Lipinski definition) is 2. The topological polar surface area (TPSA) is 26.3 Å². The van der Waals surface area contributed by atoms with E-state index in [1.807, 2.05) is 12.1 Å². The lowest BCUT2D eigenvalue weighted by Gasteiger charge is -2.19. The van der Waals surface area contributed by atoms with Crippen molar-refractivity contribution in [1.29, 1.82) is 0 Å². The minimum Gasteiger partial charge on any atom is -0.449 e. The predicted octanol–water partition coefficient (Wildman–Crippen LogP) is 6.86. The lowest BCUT2D eigenvalue weighted by atomic mass is 9.99. The molecule has 0 saturated carbocycles. The van der Waals surface area contributed by atoms with Crippen LogP contribution in [0.15, 0.2) is 36.4 Å². The van der Waals surface area contributed by atoms with Crippen molar-refractivity contribution in [2.24, 2.45) is 0 Å². The molecule has 0 bridgehead atoms. The zero-order valence-electron chi connectivity index (χ0n) is 16.3. The fourth-order valence-corrected chi connectivity index (χ4v) is 2.93. The van der Waals surface area contributed by atoms with Gasteiger partial charge in [-0.3, -0.25) is 0 Å². The molecule has 0 aliphatic heterocycles. The Labute approximate surface area is 166 Å². The van der Waals surface area contributed by atoms with Gasteiger partial charge in [0.25, 0.3) is 0 Å².